The van der Waals surface area contributed by atoms with E-state index in [1.807, 2.05) is 59.5 Å². The van der Waals surface area contributed by atoms with Gasteiger partial charge in [0.2, 0.25) is 0 Å². The van der Waals surface area contributed by atoms with Crippen LogP contribution in [0.25, 0.3) is 0 Å². The molecule has 0 unspecified atom stereocenters. The minimum absolute atomic E-state index is 0.0627. The van der Waals surface area contributed by atoms with E-state index >= 15 is 0 Å². The molecule has 4 heteroatoms. The number of carbonyl (C=O) groups excluding carboxylic acids is 1. The van der Waals surface area contributed by atoms with Crippen molar-refractivity contribution in [3.8, 4) is 5.75 Å². The van der Waals surface area contributed by atoms with Crippen molar-refractivity contribution in [1.82, 2.24) is 4.90 Å². The molecule has 142 valence electrons. The standard InChI is InChI=1S/C24H22ClNO2/c1-17-7-2-3-8-18(17)15-26-14-13-20-21(24(26)27)10-6-12-23(20)28-16-19-9-4-5-11-22(19)25/h2-12H,13-16H2,1H3. The third-order valence-corrected chi connectivity index (χ3v) is 5.61. The van der Waals surface area contributed by atoms with Crippen molar-refractivity contribution in [3.05, 3.63) is 99.6 Å². The fraction of sp³-hybridized carbons (Fsp3) is 0.208. The summed E-state index contributed by atoms with van der Waals surface area (Å²) in [6.07, 6.45) is 0.783. The first kappa shape index (κ1) is 18.6. The molecular formula is C24H22ClNO2. The Morgan fingerprint density at radius 3 is 2.50 bits per heavy atom. The Balaban J connectivity index is 1.53. The zero-order valence-electron chi connectivity index (χ0n) is 15.8. The molecule has 1 amide bonds. The molecule has 28 heavy (non-hydrogen) atoms. The lowest BCUT2D eigenvalue weighted by atomic mass is 9.97. The molecule has 1 aliphatic heterocycles. The van der Waals surface area contributed by atoms with Gasteiger partial charge in [-0.25, -0.2) is 0 Å². The fourth-order valence-electron chi connectivity index (χ4n) is 3.59. The van der Waals surface area contributed by atoms with Crippen molar-refractivity contribution >= 4 is 17.5 Å². The molecule has 1 aliphatic rings. The van der Waals surface area contributed by atoms with Crippen molar-refractivity contribution in [2.24, 2.45) is 0 Å². The zero-order chi connectivity index (χ0) is 19.5. The molecule has 0 spiro atoms. The Morgan fingerprint density at radius 1 is 0.964 bits per heavy atom. The number of ether oxygens (including phenoxy) is 1. The van der Waals surface area contributed by atoms with Gasteiger partial charge in [0.15, 0.2) is 0 Å². The maximum Gasteiger partial charge on any atom is 0.254 e. The van der Waals surface area contributed by atoms with Gasteiger partial charge in [0.05, 0.1) is 0 Å². The van der Waals surface area contributed by atoms with E-state index in [4.69, 9.17) is 16.3 Å². The van der Waals surface area contributed by atoms with Crippen LogP contribution in [0.15, 0.2) is 66.7 Å². The molecule has 3 aromatic carbocycles. The highest BCUT2D eigenvalue weighted by Gasteiger charge is 2.27. The van der Waals surface area contributed by atoms with Crippen LogP contribution in [0.4, 0.5) is 0 Å². The summed E-state index contributed by atoms with van der Waals surface area (Å²) >= 11 is 6.23. The van der Waals surface area contributed by atoms with Crippen LogP contribution in [0.3, 0.4) is 0 Å². The maximum atomic E-state index is 13.1. The average Bonchev–Trinajstić information content (AvgIpc) is 2.71. The molecule has 3 nitrogen and oxygen atoms in total. The second-order valence-electron chi connectivity index (χ2n) is 7.07. The first-order valence-corrected chi connectivity index (χ1v) is 9.83. The zero-order valence-corrected chi connectivity index (χ0v) is 16.6. The topological polar surface area (TPSA) is 29.5 Å². The predicted molar refractivity (Wildman–Crippen MR) is 112 cm³/mol. The molecule has 0 atom stereocenters. The van der Waals surface area contributed by atoms with E-state index in [-0.39, 0.29) is 5.91 Å². The van der Waals surface area contributed by atoms with Gasteiger partial charge in [-0.05, 0) is 42.7 Å². The molecule has 0 fully saturated rings. The van der Waals surface area contributed by atoms with Crippen LogP contribution in [0.2, 0.25) is 5.02 Å². The van der Waals surface area contributed by atoms with Crippen LogP contribution in [0, 0.1) is 6.92 Å². The van der Waals surface area contributed by atoms with Gasteiger partial charge in [-0.2, -0.15) is 0 Å². The molecule has 0 aromatic heterocycles. The Hall–Kier alpha value is -2.78. The second kappa shape index (κ2) is 8.07. The maximum absolute atomic E-state index is 13.1. The average molecular weight is 392 g/mol. The van der Waals surface area contributed by atoms with Crippen LogP contribution < -0.4 is 4.74 Å². The summed E-state index contributed by atoms with van der Waals surface area (Å²) in [4.78, 5) is 15.0. The van der Waals surface area contributed by atoms with E-state index in [2.05, 4.69) is 19.1 Å². The Kier molecular flexibility index (Phi) is 5.36. The highest BCUT2D eigenvalue weighted by molar-refractivity contribution is 6.31. The van der Waals surface area contributed by atoms with Gasteiger partial charge in [0.25, 0.3) is 5.91 Å². The van der Waals surface area contributed by atoms with E-state index in [1.54, 1.807) is 0 Å². The molecule has 0 saturated heterocycles. The minimum Gasteiger partial charge on any atom is -0.489 e. The summed E-state index contributed by atoms with van der Waals surface area (Å²) in [5.41, 5.74) is 5.05. The van der Waals surface area contributed by atoms with Crippen molar-refractivity contribution in [2.75, 3.05) is 6.54 Å². The molecule has 0 bridgehead atoms. The number of hydrogen-bond acceptors (Lipinski definition) is 2. The highest BCUT2D eigenvalue weighted by Crippen LogP contribution is 2.30. The second-order valence-corrected chi connectivity index (χ2v) is 7.47. The third kappa shape index (κ3) is 3.76. The van der Waals surface area contributed by atoms with Gasteiger partial charge in [-0.3, -0.25) is 4.79 Å². The van der Waals surface area contributed by atoms with Gasteiger partial charge in [-0.1, -0.05) is 60.1 Å². The first-order chi connectivity index (χ1) is 13.6. The lowest BCUT2D eigenvalue weighted by molar-refractivity contribution is 0.0725. The number of rotatable bonds is 5. The SMILES string of the molecule is Cc1ccccc1CN1CCc2c(OCc3ccccc3Cl)cccc2C1=O. The van der Waals surface area contributed by atoms with E-state index < -0.39 is 0 Å². The van der Waals surface area contributed by atoms with Crippen LogP contribution in [-0.2, 0) is 19.6 Å². The van der Waals surface area contributed by atoms with Crippen molar-refractivity contribution < 1.29 is 9.53 Å². The summed E-state index contributed by atoms with van der Waals surface area (Å²) in [7, 11) is 0. The van der Waals surface area contributed by atoms with Crippen molar-refractivity contribution in [1.29, 1.82) is 0 Å². The number of benzene rings is 3. The minimum atomic E-state index is 0.0627. The van der Waals surface area contributed by atoms with Gasteiger partial charge in [0, 0.05) is 34.8 Å². The number of aryl methyl sites for hydroxylation is 1. The summed E-state index contributed by atoms with van der Waals surface area (Å²) in [5.74, 6) is 0.828. The Bertz CT molecular complexity index is 1010. The first-order valence-electron chi connectivity index (χ1n) is 9.45. The van der Waals surface area contributed by atoms with E-state index in [1.165, 1.54) is 11.1 Å². The highest BCUT2D eigenvalue weighted by atomic mass is 35.5. The molecule has 0 radical (unpaired) electrons. The number of fused-ring (bicyclic) bond motifs is 1. The number of carbonyl (C=O) groups is 1. The van der Waals surface area contributed by atoms with Gasteiger partial charge in [-0.15, -0.1) is 0 Å². The number of nitrogens with zero attached hydrogens (tertiary/aromatic N) is 1. The smallest absolute Gasteiger partial charge is 0.254 e. The van der Waals surface area contributed by atoms with Gasteiger partial charge in [0.1, 0.15) is 12.4 Å². The summed E-state index contributed by atoms with van der Waals surface area (Å²) in [6.45, 7) is 3.79. The number of amides is 1. The largest absolute Gasteiger partial charge is 0.489 e. The Morgan fingerprint density at radius 2 is 1.71 bits per heavy atom. The van der Waals surface area contributed by atoms with Crippen LogP contribution in [0.5, 0.6) is 5.75 Å². The monoisotopic (exact) mass is 391 g/mol. The lowest BCUT2D eigenvalue weighted by Crippen LogP contribution is -2.37. The molecule has 0 saturated carbocycles. The molecule has 0 N–H and O–H groups in total. The summed E-state index contributed by atoms with van der Waals surface area (Å²) < 4.78 is 6.04. The van der Waals surface area contributed by atoms with Crippen LogP contribution in [0.1, 0.15) is 32.6 Å². The Labute approximate surface area is 170 Å². The third-order valence-electron chi connectivity index (χ3n) is 5.25. The quantitative estimate of drug-likeness (QED) is 0.580. The summed E-state index contributed by atoms with van der Waals surface area (Å²) in [5, 5.41) is 0.688. The lowest BCUT2D eigenvalue weighted by Gasteiger charge is -2.30. The molecule has 4 rings (SSSR count). The molecule has 3 aromatic rings. The van der Waals surface area contributed by atoms with Crippen LogP contribution in [-0.4, -0.2) is 17.4 Å². The molecule has 0 aliphatic carbocycles. The number of halogens is 1. The van der Waals surface area contributed by atoms with E-state index in [0.717, 1.165) is 28.9 Å². The normalized spacial score (nSPS) is 13.4. The van der Waals surface area contributed by atoms with Crippen LogP contribution >= 0.6 is 11.6 Å². The van der Waals surface area contributed by atoms with Gasteiger partial charge >= 0.3 is 0 Å². The molecule has 1 heterocycles. The van der Waals surface area contributed by atoms with Gasteiger partial charge < -0.3 is 9.64 Å². The summed E-state index contributed by atoms with van der Waals surface area (Å²) in [6, 6.07) is 21.6. The molecular weight excluding hydrogens is 370 g/mol. The van der Waals surface area contributed by atoms with Crippen molar-refractivity contribution in [2.45, 2.75) is 26.5 Å². The van der Waals surface area contributed by atoms with Crippen molar-refractivity contribution in [3.63, 3.8) is 0 Å². The predicted octanol–water partition coefficient (Wildman–Crippen LogP) is 5.43. The van der Waals surface area contributed by atoms with E-state index in [0.29, 0.717) is 24.7 Å². The van der Waals surface area contributed by atoms with E-state index in [9.17, 15) is 4.79 Å². The number of hydrogen-bond donors (Lipinski definition) is 0. The fourth-order valence-corrected chi connectivity index (χ4v) is 3.78.